The highest BCUT2D eigenvalue weighted by atomic mass is 16.5. The minimum absolute atomic E-state index is 0.137. The molecule has 3 aromatic rings. The van der Waals surface area contributed by atoms with Crippen molar-refractivity contribution in [2.45, 2.75) is 6.42 Å². The summed E-state index contributed by atoms with van der Waals surface area (Å²) in [6, 6.07) is 12.5. The zero-order valence-electron chi connectivity index (χ0n) is 19.0. The van der Waals surface area contributed by atoms with Crippen molar-refractivity contribution >= 4 is 29.0 Å². The van der Waals surface area contributed by atoms with E-state index < -0.39 is 0 Å². The second-order valence-corrected chi connectivity index (χ2v) is 8.19. The molecule has 1 aromatic carbocycles. The van der Waals surface area contributed by atoms with E-state index in [9.17, 15) is 9.59 Å². The predicted octanol–water partition coefficient (Wildman–Crippen LogP) is 2.35. The molecule has 34 heavy (non-hydrogen) atoms. The Morgan fingerprint density at radius 2 is 1.97 bits per heavy atom. The first-order chi connectivity index (χ1) is 16.6. The molecule has 9 nitrogen and oxygen atoms in total. The van der Waals surface area contributed by atoms with E-state index in [1.165, 1.54) is 0 Å². The first-order valence-electron chi connectivity index (χ1n) is 11.3. The summed E-state index contributed by atoms with van der Waals surface area (Å²) in [5.74, 6) is 0.697. The van der Waals surface area contributed by atoms with E-state index in [1.54, 1.807) is 54.7 Å². The van der Waals surface area contributed by atoms with Crippen molar-refractivity contribution in [2.75, 3.05) is 55.0 Å². The summed E-state index contributed by atoms with van der Waals surface area (Å²) in [4.78, 5) is 38.7. The van der Waals surface area contributed by atoms with Crippen LogP contribution in [0.2, 0.25) is 0 Å². The summed E-state index contributed by atoms with van der Waals surface area (Å²) < 4.78 is 5.27. The zero-order chi connectivity index (χ0) is 23.5. The van der Waals surface area contributed by atoms with Crippen molar-refractivity contribution < 1.29 is 14.3 Å². The van der Waals surface area contributed by atoms with Gasteiger partial charge < -0.3 is 20.3 Å². The number of rotatable bonds is 5. The molecule has 2 amide bonds. The lowest BCUT2D eigenvalue weighted by Crippen LogP contribution is -2.43. The number of benzene rings is 1. The Balaban J connectivity index is 1.36. The maximum atomic E-state index is 13.1. The fraction of sp³-hybridized carbons (Fsp3) is 0.280. The molecule has 0 saturated carbocycles. The molecular formula is C25H26N6O3. The van der Waals surface area contributed by atoms with Crippen LogP contribution >= 0.6 is 0 Å². The van der Waals surface area contributed by atoms with Crippen LogP contribution in [0.3, 0.4) is 0 Å². The summed E-state index contributed by atoms with van der Waals surface area (Å²) in [5, 5.41) is 6.28. The fourth-order valence-electron chi connectivity index (χ4n) is 4.36. The first kappa shape index (κ1) is 21.8. The van der Waals surface area contributed by atoms with Crippen LogP contribution in [0.15, 0.2) is 54.9 Å². The normalized spacial score (nSPS) is 15.6. The number of methoxy groups -OCH3 is 1. The highest BCUT2D eigenvalue weighted by molar-refractivity contribution is 6.09. The third-order valence-corrected chi connectivity index (χ3v) is 6.14. The molecule has 2 aliphatic heterocycles. The highest BCUT2D eigenvalue weighted by Gasteiger charge is 2.27. The average Bonchev–Trinajstić information content (AvgIpc) is 2.89. The number of piperazine rings is 1. The van der Waals surface area contributed by atoms with E-state index in [2.05, 4.69) is 25.5 Å². The van der Waals surface area contributed by atoms with E-state index in [4.69, 9.17) is 4.74 Å². The number of ether oxygens (including phenoxy) is 1. The molecule has 0 atom stereocenters. The number of nitrogens with one attached hydrogen (secondary N) is 2. The van der Waals surface area contributed by atoms with Crippen LogP contribution in [0.1, 0.15) is 26.4 Å². The molecule has 0 radical (unpaired) electrons. The van der Waals surface area contributed by atoms with Gasteiger partial charge in [-0.15, -0.1) is 0 Å². The van der Waals surface area contributed by atoms with Gasteiger partial charge in [-0.25, -0.2) is 4.98 Å². The Kier molecular flexibility index (Phi) is 6.09. The molecule has 0 unspecified atom stereocenters. The molecular weight excluding hydrogens is 432 g/mol. The lowest BCUT2D eigenvalue weighted by atomic mass is 9.98. The molecule has 174 valence electrons. The maximum Gasteiger partial charge on any atom is 0.274 e. The molecule has 2 aliphatic rings. The molecule has 2 N–H and O–H groups in total. The van der Waals surface area contributed by atoms with Gasteiger partial charge in [-0.05, 0) is 48.4 Å². The Bertz CT molecular complexity index is 1220. The lowest BCUT2D eigenvalue weighted by molar-refractivity contribution is 0.0976. The number of amides is 2. The van der Waals surface area contributed by atoms with Gasteiger partial charge in [0.25, 0.3) is 11.8 Å². The SMILES string of the molecule is COc1ccc2c(c1)CCN(c1cccc(C(=O)Nc3cnccc3N3CCNCC3)n1)C2=O. The first-order valence-corrected chi connectivity index (χ1v) is 11.3. The largest absolute Gasteiger partial charge is 0.497 e. The molecule has 1 saturated heterocycles. The number of fused-ring (bicyclic) bond motifs is 1. The molecule has 0 aliphatic carbocycles. The summed E-state index contributed by atoms with van der Waals surface area (Å²) in [7, 11) is 1.61. The Labute approximate surface area is 197 Å². The number of carbonyl (C=O) groups is 2. The Morgan fingerprint density at radius 1 is 1.12 bits per heavy atom. The van der Waals surface area contributed by atoms with Crippen LogP contribution in [-0.2, 0) is 6.42 Å². The van der Waals surface area contributed by atoms with Gasteiger partial charge in [-0.1, -0.05) is 6.07 Å². The van der Waals surface area contributed by atoms with Gasteiger partial charge in [0.05, 0.1) is 24.7 Å². The van der Waals surface area contributed by atoms with Crippen molar-refractivity contribution in [3.63, 3.8) is 0 Å². The van der Waals surface area contributed by atoms with E-state index in [-0.39, 0.29) is 17.5 Å². The van der Waals surface area contributed by atoms with Crippen molar-refractivity contribution in [2.24, 2.45) is 0 Å². The topological polar surface area (TPSA) is 99.7 Å². The van der Waals surface area contributed by atoms with Crippen LogP contribution in [0.25, 0.3) is 0 Å². The number of nitrogens with zero attached hydrogens (tertiary/aromatic N) is 4. The van der Waals surface area contributed by atoms with Gasteiger partial charge in [-0.2, -0.15) is 0 Å². The number of hydrogen-bond acceptors (Lipinski definition) is 7. The number of pyridine rings is 2. The van der Waals surface area contributed by atoms with Crippen molar-refractivity contribution in [3.8, 4) is 5.75 Å². The quantitative estimate of drug-likeness (QED) is 0.605. The second kappa shape index (κ2) is 9.48. The van der Waals surface area contributed by atoms with Gasteiger partial charge in [0.2, 0.25) is 0 Å². The molecule has 0 spiro atoms. The van der Waals surface area contributed by atoms with E-state index in [0.29, 0.717) is 30.0 Å². The predicted molar refractivity (Wildman–Crippen MR) is 130 cm³/mol. The number of anilines is 3. The van der Waals surface area contributed by atoms with Crippen LogP contribution < -0.4 is 25.2 Å². The zero-order valence-corrected chi connectivity index (χ0v) is 19.0. The smallest absolute Gasteiger partial charge is 0.274 e. The van der Waals surface area contributed by atoms with Gasteiger partial charge in [0, 0.05) is 44.5 Å². The van der Waals surface area contributed by atoms with Crippen LogP contribution in [0.5, 0.6) is 5.75 Å². The molecule has 5 rings (SSSR count). The van der Waals surface area contributed by atoms with Crippen molar-refractivity contribution in [1.29, 1.82) is 0 Å². The van der Waals surface area contributed by atoms with Crippen molar-refractivity contribution in [3.05, 3.63) is 71.7 Å². The van der Waals surface area contributed by atoms with Crippen LogP contribution in [-0.4, -0.2) is 61.6 Å². The van der Waals surface area contributed by atoms with Crippen LogP contribution in [0, 0.1) is 0 Å². The van der Waals surface area contributed by atoms with Gasteiger partial charge >= 0.3 is 0 Å². The molecule has 9 heteroatoms. The number of carbonyl (C=O) groups excluding carboxylic acids is 2. The van der Waals surface area contributed by atoms with Gasteiger partial charge in [0.1, 0.15) is 17.3 Å². The van der Waals surface area contributed by atoms with E-state index in [0.717, 1.165) is 43.2 Å². The summed E-state index contributed by atoms with van der Waals surface area (Å²) >= 11 is 0. The lowest BCUT2D eigenvalue weighted by Gasteiger charge is -2.30. The summed E-state index contributed by atoms with van der Waals surface area (Å²) in [5.41, 5.74) is 3.38. The molecule has 2 aromatic heterocycles. The van der Waals surface area contributed by atoms with Crippen LogP contribution in [0.4, 0.5) is 17.2 Å². The average molecular weight is 459 g/mol. The second-order valence-electron chi connectivity index (χ2n) is 8.19. The standard InChI is InChI=1S/C25H26N6O3/c1-34-18-5-6-19-17(15-18)8-12-31(25(19)33)23-4-2-3-20(28-23)24(32)29-21-16-27-9-7-22(21)30-13-10-26-11-14-30/h2-7,9,15-16,26H,8,10-14H2,1H3,(H,29,32). The number of hydrogen-bond donors (Lipinski definition) is 2. The fourth-order valence-corrected chi connectivity index (χ4v) is 4.36. The third kappa shape index (κ3) is 4.29. The number of aromatic nitrogens is 2. The monoisotopic (exact) mass is 458 g/mol. The van der Waals surface area contributed by atoms with Crippen molar-refractivity contribution in [1.82, 2.24) is 15.3 Å². The highest BCUT2D eigenvalue weighted by Crippen LogP contribution is 2.28. The minimum atomic E-state index is -0.346. The van der Waals surface area contributed by atoms with Gasteiger partial charge in [-0.3, -0.25) is 19.5 Å². The maximum absolute atomic E-state index is 13.1. The third-order valence-electron chi connectivity index (χ3n) is 6.14. The molecule has 4 heterocycles. The van der Waals surface area contributed by atoms with E-state index >= 15 is 0 Å². The molecule has 1 fully saturated rings. The Morgan fingerprint density at radius 3 is 2.79 bits per heavy atom. The minimum Gasteiger partial charge on any atom is -0.497 e. The Hall–Kier alpha value is -3.98. The summed E-state index contributed by atoms with van der Waals surface area (Å²) in [6.07, 6.45) is 4.06. The molecule has 0 bridgehead atoms. The van der Waals surface area contributed by atoms with Gasteiger partial charge in [0.15, 0.2) is 0 Å². The van der Waals surface area contributed by atoms with E-state index in [1.807, 2.05) is 12.1 Å². The summed E-state index contributed by atoms with van der Waals surface area (Å²) in [6.45, 7) is 3.96.